The molecule has 56 heavy (non-hydrogen) atoms. The van der Waals surface area contributed by atoms with Gasteiger partial charge in [0.15, 0.2) is 0 Å². The average molecular weight is 720 g/mol. The van der Waals surface area contributed by atoms with Crippen LogP contribution in [0.1, 0.15) is 49.9 Å². The van der Waals surface area contributed by atoms with Crippen LogP contribution in [-0.2, 0) is 10.8 Å². The third-order valence-corrected chi connectivity index (χ3v) is 12.7. The molecule has 0 radical (unpaired) electrons. The standard InChI is InChI=1S/C54H41NO/c1-53(2)45-24-9-6-18-42(45)51-46(53)25-14-26-47(51)55(36-31-29-34(30-32-36)38-20-13-28-49-50(38)43-19-7-10-27-48(43)56-49)37-16-11-15-35(33-37)39-21-12-22-41-40-17-5-8-23-44(40)54(3,4)52(39)41/h5-33H,1-4H3. The van der Waals surface area contributed by atoms with Gasteiger partial charge in [0.05, 0.1) is 5.69 Å². The van der Waals surface area contributed by atoms with E-state index in [0.717, 1.165) is 38.9 Å². The second-order valence-electron chi connectivity index (χ2n) is 16.5. The number of benzene rings is 8. The van der Waals surface area contributed by atoms with E-state index in [9.17, 15) is 0 Å². The van der Waals surface area contributed by atoms with Crippen LogP contribution in [0.4, 0.5) is 17.1 Å². The maximum atomic E-state index is 6.28. The highest BCUT2D eigenvalue weighted by Crippen LogP contribution is 2.55. The molecule has 2 nitrogen and oxygen atoms in total. The lowest BCUT2D eigenvalue weighted by molar-refractivity contribution is 0.660. The first-order valence-corrected chi connectivity index (χ1v) is 19.7. The van der Waals surface area contributed by atoms with Crippen molar-refractivity contribution < 1.29 is 4.42 Å². The Hall–Kier alpha value is -6.64. The molecule has 0 aliphatic heterocycles. The molecule has 268 valence electrons. The van der Waals surface area contributed by atoms with Gasteiger partial charge in [-0.15, -0.1) is 0 Å². The fraction of sp³-hybridized carbons (Fsp3) is 0.111. The minimum atomic E-state index is -0.118. The van der Waals surface area contributed by atoms with Crippen LogP contribution in [0.2, 0.25) is 0 Å². The molecule has 0 spiro atoms. The molecule has 0 bridgehead atoms. The van der Waals surface area contributed by atoms with Crippen molar-refractivity contribution in [2.24, 2.45) is 0 Å². The van der Waals surface area contributed by atoms with E-state index in [2.05, 4.69) is 202 Å². The zero-order valence-electron chi connectivity index (χ0n) is 32.1. The Morgan fingerprint density at radius 1 is 0.411 bits per heavy atom. The van der Waals surface area contributed by atoms with Crippen molar-refractivity contribution in [1.82, 2.24) is 0 Å². The zero-order valence-corrected chi connectivity index (χ0v) is 32.1. The molecule has 11 rings (SSSR count). The molecule has 1 aromatic heterocycles. The summed E-state index contributed by atoms with van der Waals surface area (Å²) in [4.78, 5) is 2.47. The summed E-state index contributed by atoms with van der Waals surface area (Å²) < 4.78 is 6.28. The Morgan fingerprint density at radius 3 is 1.86 bits per heavy atom. The van der Waals surface area contributed by atoms with E-state index in [4.69, 9.17) is 4.42 Å². The lowest BCUT2D eigenvalue weighted by atomic mass is 9.79. The van der Waals surface area contributed by atoms with Gasteiger partial charge in [0, 0.05) is 38.5 Å². The van der Waals surface area contributed by atoms with Gasteiger partial charge < -0.3 is 9.32 Å². The molecule has 9 aromatic rings. The predicted octanol–water partition coefficient (Wildman–Crippen LogP) is 15.0. The van der Waals surface area contributed by atoms with Gasteiger partial charge in [0.25, 0.3) is 0 Å². The summed E-state index contributed by atoms with van der Waals surface area (Å²) in [5, 5.41) is 2.29. The van der Waals surface area contributed by atoms with Gasteiger partial charge in [-0.1, -0.05) is 161 Å². The number of hydrogen-bond donors (Lipinski definition) is 0. The number of anilines is 3. The molecule has 2 aliphatic rings. The van der Waals surface area contributed by atoms with Crippen LogP contribution in [0.15, 0.2) is 180 Å². The fourth-order valence-electron chi connectivity index (χ4n) is 10.1. The van der Waals surface area contributed by atoms with E-state index < -0.39 is 0 Å². The first kappa shape index (κ1) is 32.8. The van der Waals surface area contributed by atoms with Crippen LogP contribution in [0.5, 0.6) is 0 Å². The molecule has 2 heteroatoms. The van der Waals surface area contributed by atoms with Crippen LogP contribution in [0.25, 0.3) is 66.4 Å². The minimum Gasteiger partial charge on any atom is -0.456 e. The zero-order chi connectivity index (χ0) is 37.8. The number of rotatable bonds is 5. The average Bonchev–Trinajstić information content (AvgIpc) is 3.82. The van der Waals surface area contributed by atoms with Crippen molar-refractivity contribution in [3.63, 3.8) is 0 Å². The third-order valence-electron chi connectivity index (χ3n) is 12.7. The second kappa shape index (κ2) is 11.9. The highest BCUT2D eigenvalue weighted by molar-refractivity contribution is 6.12. The molecule has 8 aromatic carbocycles. The lowest BCUT2D eigenvalue weighted by Gasteiger charge is -2.30. The van der Waals surface area contributed by atoms with E-state index in [1.807, 2.05) is 6.07 Å². The molecule has 0 fully saturated rings. The molecular formula is C54H41NO. The van der Waals surface area contributed by atoms with Gasteiger partial charge in [-0.3, -0.25) is 0 Å². The third kappa shape index (κ3) is 4.62. The van der Waals surface area contributed by atoms with E-state index in [1.165, 1.54) is 66.9 Å². The van der Waals surface area contributed by atoms with E-state index in [-0.39, 0.29) is 10.8 Å². The molecule has 0 saturated carbocycles. The largest absolute Gasteiger partial charge is 0.456 e. The van der Waals surface area contributed by atoms with Gasteiger partial charge in [-0.25, -0.2) is 0 Å². The van der Waals surface area contributed by atoms with E-state index in [1.54, 1.807) is 0 Å². The summed E-state index contributed by atoms with van der Waals surface area (Å²) in [6.07, 6.45) is 0. The highest BCUT2D eigenvalue weighted by atomic mass is 16.3. The molecule has 0 N–H and O–H groups in total. The van der Waals surface area contributed by atoms with Gasteiger partial charge in [-0.05, 0) is 104 Å². The first-order valence-electron chi connectivity index (χ1n) is 19.7. The monoisotopic (exact) mass is 719 g/mol. The highest BCUT2D eigenvalue weighted by Gasteiger charge is 2.39. The second-order valence-corrected chi connectivity index (χ2v) is 16.5. The Bertz CT molecular complexity index is 3030. The molecule has 0 amide bonds. The molecule has 0 saturated heterocycles. The Kier molecular flexibility index (Phi) is 6.98. The van der Waals surface area contributed by atoms with Crippen LogP contribution in [0, 0.1) is 0 Å². The molecule has 0 unspecified atom stereocenters. The molecule has 0 atom stereocenters. The van der Waals surface area contributed by atoms with Gasteiger partial charge in [0.1, 0.15) is 11.2 Å². The van der Waals surface area contributed by atoms with E-state index in [0.29, 0.717) is 0 Å². The first-order chi connectivity index (χ1) is 27.3. The van der Waals surface area contributed by atoms with Gasteiger partial charge >= 0.3 is 0 Å². The van der Waals surface area contributed by atoms with Crippen molar-refractivity contribution in [3.05, 3.63) is 198 Å². The normalized spacial score (nSPS) is 14.4. The summed E-state index contributed by atoms with van der Waals surface area (Å²) in [6.45, 7) is 9.46. The number of hydrogen-bond acceptors (Lipinski definition) is 2. The van der Waals surface area contributed by atoms with Crippen molar-refractivity contribution in [3.8, 4) is 44.5 Å². The van der Waals surface area contributed by atoms with Crippen LogP contribution in [-0.4, -0.2) is 0 Å². The van der Waals surface area contributed by atoms with Crippen LogP contribution >= 0.6 is 0 Å². The molecule has 2 aliphatic carbocycles. The predicted molar refractivity (Wildman–Crippen MR) is 234 cm³/mol. The summed E-state index contributed by atoms with van der Waals surface area (Å²) in [7, 11) is 0. The summed E-state index contributed by atoms with van der Waals surface area (Å²) >= 11 is 0. The Morgan fingerprint density at radius 2 is 1.02 bits per heavy atom. The number of nitrogens with zero attached hydrogens (tertiary/aromatic N) is 1. The maximum absolute atomic E-state index is 6.28. The Balaban J connectivity index is 1.11. The number of fused-ring (bicyclic) bond motifs is 9. The van der Waals surface area contributed by atoms with E-state index >= 15 is 0 Å². The molecular weight excluding hydrogens is 679 g/mol. The molecule has 1 heterocycles. The fourth-order valence-corrected chi connectivity index (χ4v) is 10.1. The topological polar surface area (TPSA) is 16.4 Å². The quantitative estimate of drug-likeness (QED) is 0.176. The minimum absolute atomic E-state index is 0.115. The van der Waals surface area contributed by atoms with Crippen molar-refractivity contribution in [1.29, 1.82) is 0 Å². The summed E-state index contributed by atoms with van der Waals surface area (Å²) in [5.41, 5.74) is 20.6. The summed E-state index contributed by atoms with van der Waals surface area (Å²) in [5.74, 6) is 0. The van der Waals surface area contributed by atoms with Crippen molar-refractivity contribution >= 4 is 39.0 Å². The maximum Gasteiger partial charge on any atom is 0.136 e. The van der Waals surface area contributed by atoms with Gasteiger partial charge in [-0.2, -0.15) is 0 Å². The Labute approximate surface area is 328 Å². The number of furan rings is 1. The van der Waals surface area contributed by atoms with Crippen LogP contribution < -0.4 is 4.90 Å². The number of para-hydroxylation sites is 1. The van der Waals surface area contributed by atoms with Gasteiger partial charge in [0.2, 0.25) is 0 Å². The summed E-state index contributed by atoms with van der Waals surface area (Å²) in [6, 6.07) is 64.5. The SMILES string of the molecule is CC1(C)c2ccccc2-c2c(N(c3ccc(-c4cccc5oc6ccccc6c45)cc3)c3cccc(-c4cccc5c4C(C)(C)c4ccccc4-5)c3)cccc21. The van der Waals surface area contributed by atoms with Crippen LogP contribution in [0.3, 0.4) is 0 Å². The van der Waals surface area contributed by atoms with Crippen molar-refractivity contribution in [2.45, 2.75) is 38.5 Å². The van der Waals surface area contributed by atoms with Crippen molar-refractivity contribution in [2.75, 3.05) is 4.90 Å². The lowest BCUT2D eigenvalue weighted by Crippen LogP contribution is -2.16. The smallest absolute Gasteiger partial charge is 0.136 e.